The van der Waals surface area contributed by atoms with E-state index in [0.717, 1.165) is 0 Å². The largest absolute Gasteiger partial charge is 0.487 e. The maximum Gasteiger partial charge on any atom is 0.487 e. The van der Waals surface area contributed by atoms with E-state index in [0.29, 0.717) is 41.3 Å². The van der Waals surface area contributed by atoms with Gasteiger partial charge in [0.2, 0.25) is 0 Å². The second-order valence-electron chi connectivity index (χ2n) is 7.00. The van der Waals surface area contributed by atoms with Gasteiger partial charge in [0.25, 0.3) is 5.91 Å². The van der Waals surface area contributed by atoms with Crippen molar-refractivity contribution < 1.29 is 23.4 Å². The first kappa shape index (κ1) is 24.8. The fourth-order valence-corrected chi connectivity index (χ4v) is 3.26. The Morgan fingerprint density at radius 2 is 2.00 bits per heavy atom. The molecule has 34 heavy (non-hydrogen) atoms. The Labute approximate surface area is 199 Å². The number of rotatable bonds is 9. The number of carbonyl (C=O) groups excluding carboxylic acids is 1. The van der Waals surface area contributed by atoms with E-state index in [1.54, 1.807) is 18.3 Å². The van der Waals surface area contributed by atoms with Crippen molar-refractivity contribution in [2.24, 2.45) is 0 Å². The molecule has 1 aromatic carbocycles. The van der Waals surface area contributed by atoms with Crippen LogP contribution in [0.5, 0.6) is 5.75 Å². The number of hydrogen-bond acceptors (Lipinski definition) is 7. The molecule has 2 heterocycles. The summed E-state index contributed by atoms with van der Waals surface area (Å²) in [5, 5.41) is 21.3. The first-order valence-electron chi connectivity index (χ1n) is 10.1. The maximum atomic E-state index is 12.9. The summed E-state index contributed by atoms with van der Waals surface area (Å²) < 4.78 is 29.8. The third-order valence-electron chi connectivity index (χ3n) is 4.70. The molecule has 0 bridgehead atoms. The van der Waals surface area contributed by atoms with Crippen LogP contribution in [0, 0.1) is 11.3 Å². The van der Waals surface area contributed by atoms with Crippen LogP contribution >= 0.6 is 11.6 Å². The average Bonchev–Trinajstić information content (AvgIpc) is 2.82. The number of aliphatic hydroxyl groups is 1. The minimum absolute atomic E-state index is 0.0942. The van der Waals surface area contributed by atoms with Crippen LogP contribution in [-0.2, 0) is 0 Å². The summed E-state index contributed by atoms with van der Waals surface area (Å²) >= 11 is 4.75. The molecule has 2 aromatic heterocycles. The molecule has 1 amide bonds. The first-order valence-corrected chi connectivity index (χ1v) is 10.5. The van der Waals surface area contributed by atoms with E-state index in [2.05, 4.69) is 20.0 Å². The van der Waals surface area contributed by atoms with Crippen LogP contribution in [0.25, 0.3) is 11.1 Å². The standard InChI is InChI=1S/C23H20ClF2N5O3/c1-2-31(7-8-32)21-20(16-9-15(11-27)12-28-13-16)10-17(14-29-21)22(33)30-18-3-5-19(6-4-18)34-23(24,25)26/h3-6,9-10,12-14,32H,2,7-8H2,1H3,(H,30,33). The zero-order valence-corrected chi connectivity index (χ0v) is 18.8. The molecule has 0 spiro atoms. The number of alkyl halides is 3. The fourth-order valence-electron chi connectivity index (χ4n) is 3.17. The topological polar surface area (TPSA) is 111 Å². The Morgan fingerprint density at radius 1 is 1.26 bits per heavy atom. The number of hydrogen-bond donors (Lipinski definition) is 2. The molecule has 176 valence electrons. The number of benzene rings is 1. The summed E-state index contributed by atoms with van der Waals surface area (Å²) in [7, 11) is 0. The molecule has 0 saturated heterocycles. The summed E-state index contributed by atoms with van der Waals surface area (Å²) in [6.45, 7) is 2.68. The summed E-state index contributed by atoms with van der Waals surface area (Å²) in [5.41, 5.74) is -1.81. The van der Waals surface area contributed by atoms with E-state index in [9.17, 15) is 23.9 Å². The lowest BCUT2D eigenvalue weighted by Crippen LogP contribution is -2.28. The lowest BCUT2D eigenvalue weighted by atomic mass is 10.0. The van der Waals surface area contributed by atoms with E-state index >= 15 is 0 Å². The van der Waals surface area contributed by atoms with E-state index in [1.165, 1.54) is 36.7 Å². The fraction of sp³-hybridized carbons (Fsp3) is 0.217. The average molecular weight is 488 g/mol. The molecule has 0 saturated carbocycles. The number of aromatic nitrogens is 2. The Balaban J connectivity index is 1.92. The number of aliphatic hydroxyl groups excluding tert-OH is 1. The third-order valence-corrected chi connectivity index (χ3v) is 4.78. The summed E-state index contributed by atoms with van der Waals surface area (Å²) in [6, 6.07) is 10.5. The second-order valence-corrected chi connectivity index (χ2v) is 7.44. The number of carbonyl (C=O) groups is 1. The molecule has 0 radical (unpaired) electrons. The van der Waals surface area contributed by atoms with Gasteiger partial charge in [-0.15, -0.1) is 8.78 Å². The quantitative estimate of drug-likeness (QED) is 0.434. The van der Waals surface area contributed by atoms with Gasteiger partial charge in [-0.1, -0.05) is 0 Å². The zero-order valence-electron chi connectivity index (χ0n) is 18.0. The smallest absolute Gasteiger partial charge is 0.420 e. The van der Waals surface area contributed by atoms with Crippen LogP contribution in [0.1, 0.15) is 22.8 Å². The van der Waals surface area contributed by atoms with Gasteiger partial charge in [-0.25, -0.2) is 4.98 Å². The highest BCUT2D eigenvalue weighted by molar-refractivity contribution is 6.20. The molecule has 0 aliphatic heterocycles. The SMILES string of the molecule is CCN(CCO)c1ncc(C(=O)Nc2ccc(OC(F)(F)Cl)cc2)cc1-c1cncc(C#N)c1. The third kappa shape index (κ3) is 6.37. The summed E-state index contributed by atoms with van der Waals surface area (Å²) in [4.78, 5) is 23.2. The number of nitrogens with zero attached hydrogens (tertiary/aromatic N) is 4. The van der Waals surface area contributed by atoms with Gasteiger partial charge >= 0.3 is 5.57 Å². The molecule has 0 aliphatic carbocycles. The highest BCUT2D eigenvalue weighted by Gasteiger charge is 2.27. The number of anilines is 2. The number of nitrogens with one attached hydrogen (secondary N) is 1. The number of halogens is 3. The van der Waals surface area contributed by atoms with Crippen molar-refractivity contribution in [1.82, 2.24) is 9.97 Å². The van der Waals surface area contributed by atoms with Crippen LogP contribution in [0.15, 0.2) is 55.0 Å². The van der Waals surface area contributed by atoms with Crippen molar-refractivity contribution in [1.29, 1.82) is 5.26 Å². The van der Waals surface area contributed by atoms with Crippen molar-refractivity contribution in [3.63, 3.8) is 0 Å². The Kier molecular flexibility index (Phi) is 7.94. The zero-order chi connectivity index (χ0) is 24.7. The van der Waals surface area contributed by atoms with Crippen LogP contribution in [0.2, 0.25) is 0 Å². The number of nitriles is 1. The van der Waals surface area contributed by atoms with Gasteiger partial charge in [-0.3, -0.25) is 9.78 Å². The molecule has 3 aromatic rings. The molecule has 0 fully saturated rings. The molecule has 0 aliphatic rings. The van der Waals surface area contributed by atoms with E-state index in [1.807, 2.05) is 17.9 Å². The van der Waals surface area contributed by atoms with Crippen molar-refractivity contribution >= 4 is 29.0 Å². The van der Waals surface area contributed by atoms with Gasteiger partial charge in [0.15, 0.2) is 0 Å². The van der Waals surface area contributed by atoms with Crippen LogP contribution in [0.4, 0.5) is 20.3 Å². The number of ether oxygens (including phenoxy) is 1. The van der Waals surface area contributed by atoms with Crippen LogP contribution in [0.3, 0.4) is 0 Å². The van der Waals surface area contributed by atoms with Gasteiger partial charge in [0.1, 0.15) is 17.6 Å². The van der Waals surface area contributed by atoms with Crippen molar-refractivity contribution in [3.8, 4) is 22.9 Å². The number of likely N-dealkylation sites (N-methyl/N-ethyl adjacent to an activating group) is 1. The van der Waals surface area contributed by atoms with E-state index in [-0.39, 0.29) is 17.9 Å². The van der Waals surface area contributed by atoms with E-state index in [4.69, 9.17) is 11.6 Å². The normalized spacial score (nSPS) is 10.9. The molecule has 11 heteroatoms. The number of amides is 1. The van der Waals surface area contributed by atoms with Gasteiger partial charge in [-0.05, 0) is 43.3 Å². The monoisotopic (exact) mass is 487 g/mol. The highest BCUT2D eigenvalue weighted by Crippen LogP contribution is 2.31. The Bertz CT molecular complexity index is 1200. The molecule has 0 unspecified atom stereocenters. The predicted molar refractivity (Wildman–Crippen MR) is 123 cm³/mol. The van der Waals surface area contributed by atoms with Gasteiger partial charge < -0.3 is 20.1 Å². The second kappa shape index (κ2) is 10.9. The minimum atomic E-state index is -3.84. The molecular weight excluding hydrogens is 468 g/mol. The molecular formula is C23H20ClF2N5O3. The van der Waals surface area contributed by atoms with Gasteiger partial charge in [-0.2, -0.15) is 5.26 Å². The van der Waals surface area contributed by atoms with Gasteiger partial charge in [0.05, 0.1) is 17.7 Å². The Hall–Kier alpha value is -3.81. The number of pyridine rings is 2. The molecule has 8 nitrogen and oxygen atoms in total. The van der Waals surface area contributed by atoms with Crippen LogP contribution < -0.4 is 15.0 Å². The van der Waals surface area contributed by atoms with Crippen LogP contribution in [-0.4, -0.2) is 46.2 Å². The molecule has 0 atom stereocenters. The first-order chi connectivity index (χ1) is 16.2. The Morgan fingerprint density at radius 3 is 2.62 bits per heavy atom. The summed E-state index contributed by atoms with van der Waals surface area (Å²) in [5.74, 6) is -0.139. The lowest BCUT2D eigenvalue weighted by Gasteiger charge is -2.24. The van der Waals surface area contributed by atoms with Crippen molar-refractivity contribution in [2.75, 3.05) is 29.9 Å². The lowest BCUT2D eigenvalue weighted by molar-refractivity contribution is -0.0964. The molecule has 2 N–H and O–H groups in total. The van der Waals surface area contributed by atoms with E-state index < -0.39 is 11.5 Å². The predicted octanol–water partition coefficient (Wildman–Crippen LogP) is 4.25. The van der Waals surface area contributed by atoms with Gasteiger partial charge in [0, 0.05) is 60.1 Å². The molecule has 3 rings (SSSR count). The minimum Gasteiger partial charge on any atom is -0.420 e. The maximum absolute atomic E-state index is 12.9. The summed E-state index contributed by atoms with van der Waals surface area (Å²) in [6.07, 6.45) is 4.37. The van der Waals surface area contributed by atoms with Crippen molar-refractivity contribution in [3.05, 3.63) is 66.1 Å². The van der Waals surface area contributed by atoms with Crippen molar-refractivity contribution in [2.45, 2.75) is 12.5 Å². The highest BCUT2D eigenvalue weighted by atomic mass is 35.5.